The number of rotatable bonds is 11. The van der Waals surface area contributed by atoms with Gasteiger partial charge in [-0.3, -0.25) is 0 Å². The van der Waals surface area contributed by atoms with E-state index < -0.39 is 5.83 Å². The third-order valence-electron chi connectivity index (χ3n) is 7.64. The van der Waals surface area contributed by atoms with E-state index in [1.54, 1.807) is 6.07 Å². The van der Waals surface area contributed by atoms with Crippen molar-refractivity contribution in [1.82, 2.24) is 0 Å². The highest BCUT2D eigenvalue weighted by atomic mass is 19.1. The number of aryl methyl sites for hydroxylation is 1. The standard InChI is InChI=1S/C29H42FNO/c1-2-3-4-5-6-7-23-8-14-26(15-9-23)27-16-10-25(11-17-27)22-32-29-18-12-24(13-19-29)20-28(30)21-31/h8-9,14-15,20,24-25,27,29H,2-7,10-13,16-19,22H2,1H3/b28-20+. The lowest BCUT2D eigenvalue weighted by Crippen LogP contribution is -2.25. The van der Waals surface area contributed by atoms with E-state index >= 15 is 0 Å². The van der Waals surface area contributed by atoms with E-state index in [2.05, 4.69) is 31.2 Å². The molecule has 0 aromatic heterocycles. The van der Waals surface area contributed by atoms with Crippen LogP contribution in [0.3, 0.4) is 0 Å². The van der Waals surface area contributed by atoms with Crippen LogP contribution < -0.4 is 0 Å². The van der Waals surface area contributed by atoms with Crippen LogP contribution in [0.1, 0.15) is 107 Å². The highest BCUT2D eigenvalue weighted by molar-refractivity contribution is 5.26. The Labute approximate surface area is 195 Å². The lowest BCUT2D eigenvalue weighted by atomic mass is 9.78. The summed E-state index contributed by atoms with van der Waals surface area (Å²) in [4.78, 5) is 0. The van der Waals surface area contributed by atoms with Crippen molar-refractivity contribution in [3.63, 3.8) is 0 Å². The molecule has 0 amide bonds. The van der Waals surface area contributed by atoms with Crippen LogP contribution in [0, 0.1) is 23.2 Å². The first-order valence-corrected chi connectivity index (χ1v) is 13.2. The third kappa shape index (κ3) is 8.36. The van der Waals surface area contributed by atoms with E-state index in [4.69, 9.17) is 10.00 Å². The first kappa shape index (κ1) is 25.0. The highest BCUT2D eigenvalue weighted by Crippen LogP contribution is 2.37. The largest absolute Gasteiger partial charge is 0.378 e. The molecule has 0 spiro atoms. The molecule has 3 heteroatoms. The van der Waals surface area contributed by atoms with Crippen LogP contribution in [0.4, 0.5) is 4.39 Å². The van der Waals surface area contributed by atoms with Gasteiger partial charge in [0.1, 0.15) is 6.07 Å². The zero-order valence-electron chi connectivity index (χ0n) is 20.0. The van der Waals surface area contributed by atoms with Gasteiger partial charge in [0.2, 0.25) is 0 Å². The van der Waals surface area contributed by atoms with Crippen molar-refractivity contribution in [3.8, 4) is 6.07 Å². The summed E-state index contributed by atoms with van der Waals surface area (Å²) in [6.07, 6.45) is 18.7. The van der Waals surface area contributed by atoms with Gasteiger partial charge in [-0.05, 0) is 99.2 Å². The highest BCUT2D eigenvalue weighted by Gasteiger charge is 2.25. The molecule has 0 unspecified atom stereocenters. The van der Waals surface area contributed by atoms with Crippen molar-refractivity contribution >= 4 is 0 Å². The minimum atomic E-state index is -0.636. The van der Waals surface area contributed by atoms with Gasteiger partial charge in [-0.1, -0.05) is 56.9 Å². The Hall–Kier alpha value is -1.66. The van der Waals surface area contributed by atoms with E-state index in [1.807, 2.05) is 0 Å². The van der Waals surface area contributed by atoms with Gasteiger partial charge in [0.05, 0.1) is 6.10 Å². The number of benzene rings is 1. The second-order valence-corrected chi connectivity index (χ2v) is 10.1. The molecule has 2 aliphatic carbocycles. The average molecular weight is 440 g/mol. The smallest absolute Gasteiger partial charge is 0.196 e. The number of allylic oxidation sites excluding steroid dienone is 2. The molecule has 0 atom stereocenters. The van der Waals surface area contributed by atoms with Gasteiger partial charge in [-0.2, -0.15) is 9.65 Å². The fourth-order valence-corrected chi connectivity index (χ4v) is 5.49. The summed E-state index contributed by atoms with van der Waals surface area (Å²) in [6, 6.07) is 11.1. The fraction of sp³-hybridized carbons (Fsp3) is 0.690. The second kappa shape index (κ2) is 13.8. The molecule has 32 heavy (non-hydrogen) atoms. The molecule has 0 aliphatic heterocycles. The van der Waals surface area contributed by atoms with Crippen molar-refractivity contribution in [3.05, 3.63) is 47.3 Å². The van der Waals surface area contributed by atoms with Crippen LogP contribution in [0.5, 0.6) is 0 Å². The predicted octanol–water partition coefficient (Wildman–Crippen LogP) is 8.43. The Morgan fingerprint density at radius 3 is 2.31 bits per heavy atom. The van der Waals surface area contributed by atoms with Crippen molar-refractivity contribution < 1.29 is 9.13 Å². The quantitative estimate of drug-likeness (QED) is 0.256. The number of hydrogen-bond acceptors (Lipinski definition) is 2. The molecule has 2 saturated carbocycles. The van der Waals surface area contributed by atoms with Gasteiger partial charge in [-0.25, -0.2) is 0 Å². The Bertz CT molecular complexity index is 719. The number of halogens is 1. The van der Waals surface area contributed by atoms with Crippen LogP contribution in [0.2, 0.25) is 0 Å². The number of ether oxygens (including phenoxy) is 1. The maximum absolute atomic E-state index is 13.1. The molecule has 0 heterocycles. The minimum Gasteiger partial charge on any atom is -0.378 e. The molecule has 2 fully saturated rings. The molecule has 0 bridgehead atoms. The summed E-state index contributed by atoms with van der Waals surface area (Å²) in [7, 11) is 0. The monoisotopic (exact) mass is 439 g/mol. The van der Waals surface area contributed by atoms with E-state index in [0.717, 1.165) is 32.3 Å². The summed E-state index contributed by atoms with van der Waals surface area (Å²) in [5.41, 5.74) is 3.02. The third-order valence-corrected chi connectivity index (χ3v) is 7.64. The van der Waals surface area contributed by atoms with Gasteiger partial charge in [0, 0.05) is 6.61 Å². The van der Waals surface area contributed by atoms with Gasteiger partial charge in [0.15, 0.2) is 5.83 Å². The molecule has 1 aromatic carbocycles. The topological polar surface area (TPSA) is 33.0 Å². The van der Waals surface area contributed by atoms with Crippen molar-refractivity contribution in [1.29, 1.82) is 5.26 Å². The SMILES string of the molecule is CCCCCCCc1ccc(C2CCC(COC3CCC(/C=C(/F)C#N)CC3)CC2)cc1. The van der Waals surface area contributed by atoms with Gasteiger partial charge in [-0.15, -0.1) is 0 Å². The van der Waals surface area contributed by atoms with Gasteiger partial charge >= 0.3 is 0 Å². The molecule has 176 valence electrons. The van der Waals surface area contributed by atoms with Crippen LogP contribution >= 0.6 is 0 Å². The molecule has 0 N–H and O–H groups in total. The summed E-state index contributed by atoms with van der Waals surface area (Å²) in [5.74, 6) is 0.963. The summed E-state index contributed by atoms with van der Waals surface area (Å²) >= 11 is 0. The zero-order chi connectivity index (χ0) is 22.6. The summed E-state index contributed by atoms with van der Waals surface area (Å²) in [5, 5.41) is 8.59. The van der Waals surface area contributed by atoms with E-state index in [0.29, 0.717) is 17.9 Å². The van der Waals surface area contributed by atoms with Crippen molar-refractivity contribution in [2.75, 3.05) is 6.61 Å². The van der Waals surface area contributed by atoms with E-state index in [9.17, 15) is 4.39 Å². The summed E-state index contributed by atoms with van der Waals surface area (Å²) in [6.45, 7) is 3.15. The fourth-order valence-electron chi connectivity index (χ4n) is 5.49. The number of nitriles is 1. The molecule has 0 saturated heterocycles. The normalized spacial score (nSPS) is 26.6. The molecule has 2 nitrogen and oxygen atoms in total. The van der Waals surface area contributed by atoms with Gasteiger partial charge < -0.3 is 4.74 Å². The Morgan fingerprint density at radius 1 is 0.969 bits per heavy atom. The van der Waals surface area contributed by atoms with Crippen LogP contribution in [0.25, 0.3) is 0 Å². The van der Waals surface area contributed by atoms with E-state index in [1.165, 1.54) is 81.4 Å². The van der Waals surface area contributed by atoms with E-state index in [-0.39, 0.29) is 5.92 Å². The zero-order valence-corrected chi connectivity index (χ0v) is 20.0. The lowest BCUT2D eigenvalue weighted by molar-refractivity contribution is -0.00465. The maximum Gasteiger partial charge on any atom is 0.196 e. The lowest BCUT2D eigenvalue weighted by Gasteiger charge is -2.32. The molecule has 3 rings (SSSR count). The van der Waals surface area contributed by atoms with Crippen LogP contribution in [-0.4, -0.2) is 12.7 Å². The van der Waals surface area contributed by atoms with Crippen molar-refractivity contribution in [2.45, 2.75) is 109 Å². The first-order valence-electron chi connectivity index (χ1n) is 13.2. The maximum atomic E-state index is 13.1. The number of nitrogens with zero attached hydrogens (tertiary/aromatic N) is 1. The molecular formula is C29H42FNO. The van der Waals surface area contributed by atoms with Crippen LogP contribution in [-0.2, 0) is 11.2 Å². The number of unbranched alkanes of at least 4 members (excludes halogenated alkanes) is 4. The van der Waals surface area contributed by atoms with Crippen molar-refractivity contribution in [2.24, 2.45) is 11.8 Å². The Balaban J connectivity index is 1.31. The predicted molar refractivity (Wildman–Crippen MR) is 130 cm³/mol. The minimum absolute atomic E-state index is 0.206. The number of hydrogen-bond donors (Lipinski definition) is 0. The molecule has 2 aliphatic rings. The second-order valence-electron chi connectivity index (χ2n) is 10.1. The molecule has 1 aromatic rings. The Morgan fingerprint density at radius 2 is 1.66 bits per heavy atom. The molecular weight excluding hydrogens is 397 g/mol. The van der Waals surface area contributed by atoms with Gasteiger partial charge in [0.25, 0.3) is 0 Å². The first-order chi connectivity index (χ1) is 15.7. The van der Waals surface area contributed by atoms with Crippen LogP contribution in [0.15, 0.2) is 36.2 Å². The molecule has 0 radical (unpaired) electrons. The Kier molecular flexibility index (Phi) is 10.8. The average Bonchev–Trinajstić information content (AvgIpc) is 2.84. The summed E-state index contributed by atoms with van der Waals surface area (Å²) < 4.78 is 19.4.